The van der Waals surface area contributed by atoms with Gasteiger partial charge in [0.15, 0.2) is 5.11 Å². The van der Waals surface area contributed by atoms with E-state index in [9.17, 15) is 13.2 Å². The van der Waals surface area contributed by atoms with E-state index < -0.39 is 10.0 Å². The number of thiocarbonyl (C=S) groups is 1. The maximum absolute atomic E-state index is 12.7. The molecule has 0 bridgehead atoms. The van der Waals surface area contributed by atoms with Crippen molar-refractivity contribution in [3.8, 4) is 0 Å². The van der Waals surface area contributed by atoms with Crippen LogP contribution >= 0.6 is 12.2 Å². The molecular formula is C21H23N3O3S2. The van der Waals surface area contributed by atoms with Crippen molar-refractivity contribution in [2.75, 3.05) is 18.4 Å². The van der Waals surface area contributed by atoms with E-state index in [-0.39, 0.29) is 35.4 Å². The van der Waals surface area contributed by atoms with Crippen LogP contribution in [0.3, 0.4) is 0 Å². The molecule has 0 saturated heterocycles. The Bertz CT molecular complexity index is 962. The van der Waals surface area contributed by atoms with Crippen molar-refractivity contribution in [2.24, 2.45) is 0 Å². The maximum Gasteiger partial charge on any atom is 0.243 e. The fraction of sp³-hybridized carbons (Fsp3) is 0.143. The van der Waals surface area contributed by atoms with Crippen LogP contribution in [0.5, 0.6) is 0 Å². The van der Waals surface area contributed by atoms with E-state index >= 15 is 0 Å². The number of benzene rings is 2. The molecule has 0 saturated carbocycles. The SMILES string of the molecule is C=CCN(CC=C)S(=O)(=O)c1ccc(NC(=S)NC(=O)Cc2ccccc2)cc1. The third-order valence-electron chi connectivity index (χ3n) is 3.88. The largest absolute Gasteiger partial charge is 0.332 e. The first-order valence-corrected chi connectivity index (χ1v) is 10.7. The molecule has 8 heteroatoms. The number of sulfonamides is 1. The number of amides is 1. The highest BCUT2D eigenvalue weighted by atomic mass is 32.2. The molecule has 2 aromatic rings. The Morgan fingerprint density at radius 1 is 1.00 bits per heavy atom. The summed E-state index contributed by atoms with van der Waals surface area (Å²) in [4.78, 5) is 12.2. The molecule has 0 radical (unpaired) electrons. The highest BCUT2D eigenvalue weighted by molar-refractivity contribution is 7.89. The van der Waals surface area contributed by atoms with E-state index in [1.807, 2.05) is 30.3 Å². The van der Waals surface area contributed by atoms with Crippen LogP contribution < -0.4 is 10.6 Å². The second-order valence-corrected chi connectivity index (χ2v) is 8.43. The van der Waals surface area contributed by atoms with Crippen LogP contribution in [0.15, 0.2) is 84.8 Å². The highest BCUT2D eigenvalue weighted by Crippen LogP contribution is 2.18. The molecule has 0 aliphatic carbocycles. The summed E-state index contributed by atoms with van der Waals surface area (Å²) in [7, 11) is -3.66. The molecule has 29 heavy (non-hydrogen) atoms. The highest BCUT2D eigenvalue weighted by Gasteiger charge is 2.22. The van der Waals surface area contributed by atoms with Gasteiger partial charge in [0.25, 0.3) is 0 Å². The Balaban J connectivity index is 1.99. The third-order valence-corrected chi connectivity index (χ3v) is 5.93. The van der Waals surface area contributed by atoms with Crippen molar-refractivity contribution >= 4 is 38.9 Å². The Morgan fingerprint density at radius 2 is 1.59 bits per heavy atom. The van der Waals surface area contributed by atoms with Crippen LogP contribution in [0.1, 0.15) is 5.56 Å². The lowest BCUT2D eigenvalue weighted by Gasteiger charge is -2.19. The predicted octanol–water partition coefficient (Wildman–Crippen LogP) is 3.11. The molecule has 0 spiro atoms. The normalized spacial score (nSPS) is 10.9. The number of nitrogens with one attached hydrogen (secondary N) is 2. The summed E-state index contributed by atoms with van der Waals surface area (Å²) in [5, 5.41) is 5.62. The van der Waals surface area contributed by atoms with Crippen molar-refractivity contribution in [1.29, 1.82) is 0 Å². The summed E-state index contributed by atoms with van der Waals surface area (Å²) >= 11 is 5.15. The number of carbonyl (C=O) groups excluding carboxylic acids is 1. The number of hydrogen-bond donors (Lipinski definition) is 2. The molecule has 2 rings (SSSR count). The second kappa shape index (κ2) is 10.7. The molecule has 0 fully saturated rings. The summed E-state index contributed by atoms with van der Waals surface area (Å²) in [5.74, 6) is -0.239. The Labute approximate surface area is 177 Å². The average Bonchev–Trinajstić information content (AvgIpc) is 2.68. The van der Waals surface area contributed by atoms with Crippen LogP contribution in [0.2, 0.25) is 0 Å². The Morgan fingerprint density at radius 3 is 2.14 bits per heavy atom. The fourth-order valence-electron chi connectivity index (χ4n) is 2.53. The van der Waals surface area contributed by atoms with Crippen LogP contribution in [0, 0.1) is 0 Å². The monoisotopic (exact) mass is 429 g/mol. The fourth-order valence-corrected chi connectivity index (χ4v) is 4.15. The van der Waals surface area contributed by atoms with Gasteiger partial charge in [0.05, 0.1) is 11.3 Å². The van der Waals surface area contributed by atoms with E-state index in [0.29, 0.717) is 5.69 Å². The minimum Gasteiger partial charge on any atom is -0.332 e. The molecule has 0 aliphatic heterocycles. The lowest BCUT2D eigenvalue weighted by molar-refractivity contribution is -0.119. The second-order valence-electron chi connectivity index (χ2n) is 6.09. The third kappa shape index (κ3) is 6.63. The lowest BCUT2D eigenvalue weighted by atomic mass is 10.1. The summed E-state index contributed by atoms with van der Waals surface area (Å²) in [6.45, 7) is 7.55. The molecule has 6 nitrogen and oxygen atoms in total. The summed E-state index contributed by atoms with van der Waals surface area (Å²) in [6.07, 6.45) is 3.25. The van der Waals surface area contributed by atoms with Gasteiger partial charge in [0.1, 0.15) is 0 Å². The maximum atomic E-state index is 12.7. The molecule has 2 N–H and O–H groups in total. The number of nitrogens with zero attached hydrogens (tertiary/aromatic N) is 1. The van der Waals surface area contributed by atoms with E-state index in [1.165, 1.54) is 28.6 Å². The van der Waals surface area contributed by atoms with Gasteiger partial charge in [-0.25, -0.2) is 8.42 Å². The lowest BCUT2D eigenvalue weighted by Crippen LogP contribution is -2.35. The van der Waals surface area contributed by atoms with Crippen molar-refractivity contribution in [3.05, 3.63) is 85.5 Å². The van der Waals surface area contributed by atoms with Gasteiger partial charge in [-0.2, -0.15) is 4.31 Å². The zero-order valence-electron chi connectivity index (χ0n) is 15.9. The first-order valence-electron chi connectivity index (χ1n) is 8.83. The molecular weight excluding hydrogens is 406 g/mol. The van der Waals surface area contributed by atoms with E-state index in [0.717, 1.165) is 5.56 Å². The van der Waals surface area contributed by atoms with Crippen molar-refractivity contribution < 1.29 is 13.2 Å². The van der Waals surface area contributed by atoms with Gasteiger partial charge < -0.3 is 10.6 Å². The van der Waals surface area contributed by atoms with Gasteiger partial charge in [-0.3, -0.25) is 4.79 Å². The number of rotatable bonds is 9. The first-order chi connectivity index (χ1) is 13.9. The summed E-state index contributed by atoms with van der Waals surface area (Å²) < 4.78 is 26.7. The van der Waals surface area contributed by atoms with Crippen molar-refractivity contribution in [2.45, 2.75) is 11.3 Å². The van der Waals surface area contributed by atoms with Crippen LogP contribution in [0.4, 0.5) is 5.69 Å². The van der Waals surface area contributed by atoms with Gasteiger partial charge in [0.2, 0.25) is 15.9 Å². The predicted molar refractivity (Wildman–Crippen MR) is 120 cm³/mol. The van der Waals surface area contributed by atoms with Crippen LogP contribution in [-0.2, 0) is 21.2 Å². The van der Waals surface area contributed by atoms with E-state index in [2.05, 4.69) is 23.8 Å². The van der Waals surface area contributed by atoms with Crippen LogP contribution in [-0.4, -0.2) is 36.8 Å². The number of carbonyl (C=O) groups is 1. The van der Waals surface area contributed by atoms with Crippen molar-refractivity contribution in [3.63, 3.8) is 0 Å². The van der Waals surface area contributed by atoms with E-state index in [1.54, 1.807) is 12.1 Å². The molecule has 0 unspecified atom stereocenters. The quantitative estimate of drug-likeness (QED) is 0.473. The number of hydrogen-bond acceptors (Lipinski definition) is 4. The van der Waals surface area contributed by atoms with E-state index in [4.69, 9.17) is 12.2 Å². The first kappa shape index (κ1) is 22.5. The van der Waals surface area contributed by atoms with Crippen molar-refractivity contribution in [1.82, 2.24) is 9.62 Å². The molecule has 2 aromatic carbocycles. The zero-order chi connectivity index (χ0) is 21.3. The Kier molecular flexibility index (Phi) is 8.26. The van der Waals surface area contributed by atoms with Gasteiger partial charge in [0, 0.05) is 18.8 Å². The summed E-state index contributed by atoms with van der Waals surface area (Å²) in [5.41, 5.74) is 1.44. The van der Waals surface area contributed by atoms with Gasteiger partial charge >= 0.3 is 0 Å². The standard InChI is InChI=1S/C21H23N3O3S2/c1-3-14-24(15-4-2)29(26,27)19-12-10-18(11-13-19)22-21(28)23-20(25)16-17-8-6-5-7-9-17/h3-13H,1-2,14-16H2,(H2,22,23,25,28). The molecule has 0 atom stereocenters. The molecule has 0 heterocycles. The van der Waals surface area contributed by atoms with Crippen LogP contribution in [0.25, 0.3) is 0 Å². The van der Waals surface area contributed by atoms with Gasteiger partial charge in [-0.05, 0) is 42.0 Å². The van der Waals surface area contributed by atoms with Gasteiger partial charge in [-0.1, -0.05) is 42.5 Å². The number of anilines is 1. The smallest absolute Gasteiger partial charge is 0.243 e. The molecule has 0 aliphatic rings. The minimum atomic E-state index is -3.66. The topological polar surface area (TPSA) is 78.5 Å². The average molecular weight is 430 g/mol. The summed E-state index contributed by atoms with van der Waals surface area (Å²) in [6, 6.07) is 15.4. The molecule has 1 amide bonds. The van der Waals surface area contributed by atoms with Gasteiger partial charge in [-0.15, -0.1) is 13.2 Å². The molecule has 0 aromatic heterocycles. The zero-order valence-corrected chi connectivity index (χ0v) is 17.5. The molecule has 152 valence electrons. The minimum absolute atomic E-state index is 0.140. The Hall–Kier alpha value is -2.81.